The monoisotopic (exact) mass is 322 g/mol. The lowest BCUT2D eigenvalue weighted by molar-refractivity contribution is 1.42. The van der Waals surface area contributed by atoms with Crippen molar-refractivity contribution in [3.05, 3.63) is 82.8 Å². The molecule has 0 nitrogen and oxygen atoms in total. The van der Waals surface area contributed by atoms with Gasteiger partial charge in [-0.25, -0.2) is 0 Å². The molecule has 0 saturated carbocycles. The molecule has 0 aromatic heterocycles. The SMILES string of the molecule is Cc1cc(-c2ccccc2)c(-c2ccccc2)cc1Br. The fourth-order valence-electron chi connectivity index (χ4n) is 2.39. The molecule has 0 radical (unpaired) electrons. The molecule has 0 spiro atoms. The molecule has 0 aliphatic carbocycles. The first kappa shape index (κ1) is 13.1. The summed E-state index contributed by atoms with van der Waals surface area (Å²) in [6, 6.07) is 25.5. The van der Waals surface area contributed by atoms with Gasteiger partial charge >= 0.3 is 0 Å². The van der Waals surface area contributed by atoms with Crippen LogP contribution in [0.2, 0.25) is 0 Å². The van der Waals surface area contributed by atoms with Gasteiger partial charge in [-0.05, 0) is 46.9 Å². The van der Waals surface area contributed by atoms with Gasteiger partial charge in [0.2, 0.25) is 0 Å². The van der Waals surface area contributed by atoms with E-state index in [1.165, 1.54) is 27.8 Å². The first-order chi connectivity index (χ1) is 9.75. The molecule has 0 aliphatic rings. The quantitative estimate of drug-likeness (QED) is 0.535. The van der Waals surface area contributed by atoms with E-state index in [0.29, 0.717) is 0 Å². The van der Waals surface area contributed by atoms with E-state index in [4.69, 9.17) is 0 Å². The van der Waals surface area contributed by atoms with Crippen LogP contribution in [0.5, 0.6) is 0 Å². The van der Waals surface area contributed by atoms with Crippen molar-refractivity contribution >= 4 is 15.9 Å². The summed E-state index contributed by atoms with van der Waals surface area (Å²) in [7, 11) is 0. The molecule has 0 amide bonds. The highest BCUT2D eigenvalue weighted by Crippen LogP contribution is 2.35. The van der Waals surface area contributed by atoms with Gasteiger partial charge in [0, 0.05) is 4.47 Å². The molecule has 3 aromatic rings. The van der Waals surface area contributed by atoms with Crippen LogP contribution < -0.4 is 0 Å². The average Bonchev–Trinajstić information content (AvgIpc) is 2.51. The lowest BCUT2D eigenvalue weighted by Gasteiger charge is -2.13. The molecule has 20 heavy (non-hydrogen) atoms. The van der Waals surface area contributed by atoms with Crippen LogP contribution in [-0.4, -0.2) is 0 Å². The Balaban J connectivity index is 2.26. The van der Waals surface area contributed by atoms with Crippen LogP contribution in [0.4, 0.5) is 0 Å². The van der Waals surface area contributed by atoms with Crippen molar-refractivity contribution in [3.8, 4) is 22.3 Å². The van der Waals surface area contributed by atoms with E-state index in [9.17, 15) is 0 Å². The van der Waals surface area contributed by atoms with Gasteiger partial charge in [-0.15, -0.1) is 0 Å². The van der Waals surface area contributed by atoms with Crippen molar-refractivity contribution in [2.24, 2.45) is 0 Å². The predicted octanol–water partition coefficient (Wildman–Crippen LogP) is 6.09. The molecular weight excluding hydrogens is 308 g/mol. The maximum absolute atomic E-state index is 3.65. The first-order valence-corrected chi connectivity index (χ1v) is 7.46. The number of hydrogen-bond acceptors (Lipinski definition) is 0. The topological polar surface area (TPSA) is 0 Å². The summed E-state index contributed by atoms with van der Waals surface area (Å²) in [5.41, 5.74) is 6.28. The molecular formula is C19H15Br. The lowest BCUT2D eigenvalue weighted by Crippen LogP contribution is -1.88. The van der Waals surface area contributed by atoms with E-state index in [1.807, 2.05) is 0 Å². The van der Waals surface area contributed by atoms with Crippen LogP contribution in [0, 0.1) is 6.92 Å². The maximum Gasteiger partial charge on any atom is 0.0211 e. The smallest absolute Gasteiger partial charge is 0.0211 e. The molecule has 0 heterocycles. The molecule has 0 aliphatic heterocycles. The normalized spacial score (nSPS) is 10.5. The van der Waals surface area contributed by atoms with E-state index in [-0.39, 0.29) is 0 Å². The Kier molecular flexibility index (Phi) is 3.70. The van der Waals surface area contributed by atoms with E-state index in [2.05, 4.69) is 95.7 Å². The molecule has 3 rings (SSSR count). The third kappa shape index (κ3) is 2.54. The first-order valence-electron chi connectivity index (χ1n) is 6.67. The molecule has 0 bridgehead atoms. The van der Waals surface area contributed by atoms with Crippen molar-refractivity contribution < 1.29 is 0 Å². The van der Waals surface area contributed by atoms with Gasteiger partial charge < -0.3 is 0 Å². The minimum atomic E-state index is 1.15. The molecule has 0 atom stereocenters. The molecule has 0 saturated heterocycles. The molecule has 1 heteroatoms. The number of halogens is 1. The molecule has 98 valence electrons. The maximum atomic E-state index is 3.65. The summed E-state index contributed by atoms with van der Waals surface area (Å²) in [6.07, 6.45) is 0. The van der Waals surface area contributed by atoms with Crippen molar-refractivity contribution in [2.45, 2.75) is 6.92 Å². The second-order valence-electron chi connectivity index (χ2n) is 4.88. The fraction of sp³-hybridized carbons (Fsp3) is 0.0526. The highest BCUT2D eigenvalue weighted by Gasteiger charge is 2.09. The van der Waals surface area contributed by atoms with Gasteiger partial charge in [-0.2, -0.15) is 0 Å². The van der Waals surface area contributed by atoms with E-state index in [0.717, 1.165) is 4.47 Å². The predicted molar refractivity (Wildman–Crippen MR) is 89.8 cm³/mol. The van der Waals surface area contributed by atoms with E-state index >= 15 is 0 Å². The van der Waals surface area contributed by atoms with Gasteiger partial charge in [0.25, 0.3) is 0 Å². The van der Waals surface area contributed by atoms with Crippen LogP contribution >= 0.6 is 15.9 Å². The largest absolute Gasteiger partial charge is 0.0622 e. The Bertz CT molecular complexity index is 651. The van der Waals surface area contributed by atoms with Gasteiger partial charge in [0.05, 0.1) is 0 Å². The Hall–Kier alpha value is -1.86. The molecule has 0 unspecified atom stereocenters. The van der Waals surface area contributed by atoms with Gasteiger partial charge in [0.15, 0.2) is 0 Å². The Morgan fingerprint density at radius 1 is 0.650 bits per heavy atom. The number of benzene rings is 3. The molecule has 0 fully saturated rings. The summed E-state index contributed by atoms with van der Waals surface area (Å²) < 4.78 is 1.15. The summed E-state index contributed by atoms with van der Waals surface area (Å²) in [6.45, 7) is 2.13. The third-order valence-electron chi connectivity index (χ3n) is 3.47. The minimum Gasteiger partial charge on any atom is -0.0622 e. The van der Waals surface area contributed by atoms with Crippen molar-refractivity contribution in [3.63, 3.8) is 0 Å². The zero-order chi connectivity index (χ0) is 13.9. The van der Waals surface area contributed by atoms with Crippen molar-refractivity contribution in [1.29, 1.82) is 0 Å². The van der Waals surface area contributed by atoms with Crippen LogP contribution in [0.25, 0.3) is 22.3 Å². The zero-order valence-electron chi connectivity index (χ0n) is 11.3. The second kappa shape index (κ2) is 5.64. The van der Waals surface area contributed by atoms with Crippen LogP contribution in [0.1, 0.15) is 5.56 Å². The number of aryl methyl sites for hydroxylation is 1. The molecule has 3 aromatic carbocycles. The third-order valence-corrected chi connectivity index (χ3v) is 4.32. The van der Waals surface area contributed by atoms with Crippen LogP contribution in [0.3, 0.4) is 0 Å². The summed E-state index contributed by atoms with van der Waals surface area (Å²) >= 11 is 3.65. The summed E-state index contributed by atoms with van der Waals surface area (Å²) in [5, 5.41) is 0. The lowest BCUT2D eigenvalue weighted by atomic mass is 9.93. The highest BCUT2D eigenvalue weighted by molar-refractivity contribution is 9.10. The second-order valence-corrected chi connectivity index (χ2v) is 5.73. The van der Waals surface area contributed by atoms with Gasteiger partial charge in [-0.1, -0.05) is 76.6 Å². The highest BCUT2D eigenvalue weighted by atomic mass is 79.9. The summed E-state index contributed by atoms with van der Waals surface area (Å²) in [4.78, 5) is 0. The van der Waals surface area contributed by atoms with Crippen molar-refractivity contribution in [2.75, 3.05) is 0 Å². The standard InChI is InChI=1S/C19H15Br/c1-14-12-17(15-8-4-2-5-9-15)18(13-19(14)20)16-10-6-3-7-11-16/h2-13H,1H3. The Morgan fingerprint density at radius 3 is 1.60 bits per heavy atom. The van der Waals surface area contributed by atoms with E-state index in [1.54, 1.807) is 0 Å². The van der Waals surface area contributed by atoms with Crippen LogP contribution in [-0.2, 0) is 0 Å². The average molecular weight is 323 g/mol. The Labute approximate surface area is 128 Å². The van der Waals surface area contributed by atoms with Gasteiger partial charge in [0.1, 0.15) is 0 Å². The summed E-state index contributed by atoms with van der Waals surface area (Å²) in [5.74, 6) is 0. The van der Waals surface area contributed by atoms with Crippen LogP contribution in [0.15, 0.2) is 77.3 Å². The number of hydrogen-bond donors (Lipinski definition) is 0. The minimum absolute atomic E-state index is 1.15. The fourth-order valence-corrected chi connectivity index (χ4v) is 2.74. The van der Waals surface area contributed by atoms with Gasteiger partial charge in [-0.3, -0.25) is 0 Å². The zero-order valence-corrected chi connectivity index (χ0v) is 12.9. The van der Waals surface area contributed by atoms with Crippen molar-refractivity contribution in [1.82, 2.24) is 0 Å². The number of rotatable bonds is 2. The molecule has 0 N–H and O–H groups in total. The Morgan fingerprint density at radius 2 is 1.10 bits per heavy atom. The van der Waals surface area contributed by atoms with E-state index < -0.39 is 0 Å².